The van der Waals surface area contributed by atoms with E-state index in [0.29, 0.717) is 0 Å². The monoisotopic (exact) mass is 185 g/mol. The van der Waals surface area contributed by atoms with Crippen LogP contribution in [0.3, 0.4) is 0 Å². The molecule has 0 spiro atoms. The first-order chi connectivity index (χ1) is 6.36. The lowest BCUT2D eigenvalue weighted by Crippen LogP contribution is -2.23. The summed E-state index contributed by atoms with van der Waals surface area (Å²) in [5.74, 6) is 1.61. The van der Waals surface area contributed by atoms with Crippen molar-refractivity contribution in [1.82, 2.24) is 0 Å². The molecule has 0 heterocycles. The standard InChI is InChI=1S/C11H23NO/c1-2-7-13-9-11-5-3-10(8-12)4-6-11/h10-11H,2-9,12H2,1H3. The molecule has 1 rings (SSSR count). The molecule has 0 saturated heterocycles. The molecule has 0 aliphatic heterocycles. The lowest BCUT2D eigenvalue weighted by molar-refractivity contribution is 0.0788. The zero-order valence-corrected chi connectivity index (χ0v) is 8.80. The maximum Gasteiger partial charge on any atom is 0.0494 e. The summed E-state index contributed by atoms with van der Waals surface area (Å²) in [6, 6.07) is 0. The van der Waals surface area contributed by atoms with E-state index in [9.17, 15) is 0 Å². The molecule has 2 heteroatoms. The van der Waals surface area contributed by atoms with Crippen LogP contribution in [0.2, 0.25) is 0 Å². The second-order valence-electron chi connectivity index (χ2n) is 4.20. The van der Waals surface area contributed by atoms with Gasteiger partial charge in [0, 0.05) is 13.2 Å². The van der Waals surface area contributed by atoms with Gasteiger partial charge in [0.15, 0.2) is 0 Å². The van der Waals surface area contributed by atoms with Gasteiger partial charge in [-0.25, -0.2) is 0 Å². The average Bonchev–Trinajstić information content (AvgIpc) is 2.19. The summed E-state index contributed by atoms with van der Waals surface area (Å²) in [6.07, 6.45) is 6.42. The maximum atomic E-state index is 5.64. The summed E-state index contributed by atoms with van der Waals surface area (Å²) < 4.78 is 5.56. The van der Waals surface area contributed by atoms with Crippen LogP contribution in [-0.2, 0) is 4.74 Å². The molecule has 0 aromatic carbocycles. The Hall–Kier alpha value is -0.0800. The smallest absolute Gasteiger partial charge is 0.0494 e. The highest BCUT2D eigenvalue weighted by Gasteiger charge is 2.19. The normalized spacial score (nSPS) is 29.1. The quantitative estimate of drug-likeness (QED) is 0.666. The van der Waals surface area contributed by atoms with E-state index < -0.39 is 0 Å². The minimum atomic E-state index is 0.794. The van der Waals surface area contributed by atoms with Gasteiger partial charge in [-0.15, -0.1) is 0 Å². The van der Waals surface area contributed by atoms with Gasteiger partial charge in [0.05, 0.1) is 0 Å². The molecule has 0 bridgehead atoms. The van der Waals surface area contributed by atoms with E-state index in [1.54, 1.807) is 0 Å². The third kappa shape index (κ3) is 4.10. The first-order valence-corrected chi connectivity index (χ1v) is 5.64. The van der Waals surface area contributed by atoms with Crippen LogP contribution in [0.4, 0.5) is 0 Å². The van der Waals surface area contributed by atoms with Crippen LogP contribution in [0.1, 0.15) is 39.0 Å². The summed E-state index contributed by atoms with van der Waals surface area (Å²) in [4.78, 5) is 0. The van der Waals surface area contributed by atoms with E-state index in [1.165, 1.54) is 25.7 Å². The number of ether oxygens (including phenoxy) is 1. The van der Waals surface area contributed by atoms with Crippen molar-refractivity contribution in [2.24, 2.45) is 17.6 Å². The van der Waals surface area contributed by atoms with E-state index in [2.05, 4.69) is 6.92 Å². The van der Waals surface area contributed by atoms with Crippen molar-refractivity contribution in [1.29, 1.82) is 0 Å². The molecule has 2 nitrogen and oxygen atoms in total. The van der Waals surface area contributed by atoms with Crippen LogP contribution >= 0.6 is 0 Å². The fraction of sp³-hybridized carbons (Fsp3) is 1.00. The Labute approximate surface area is 81.8 Å². The van der Waals surface area contributed by atoms with E-state index in [0.717, 1.165) is 38.0 Å². The molecule has 0 unspecified atom stereocenters. The molecule has 13 heavy (non-hydrogen) atoms. The number of rotatable bonds is 5. The maximum absolute atomic E-state index is 5.64. The third-order valence-electron chi connectivity index (χ3n) is 3.00. The van der Waals surface area contributed by atoms with Crippen molar-refractivity contribution in [2.45, 2.75) is 39.0 Å². The van der Waals surface area contributed by atoms with Crippen molar-refractivity contribution >= 4 is 0 Å². The lowest BCUT2D eigenvalue weighted by atomic mass is 9.82. The minimum absolute atomic E-state index is 0.794. The van der Waals surface area contributed by atoms with E-state index in [1.807, 2.05) is 0 Å². The molecule has 2 N–H and O–H groups in total. The Morgan fingerprint density at radius 2 is 1.77 bits per heavy atom. The molecule has 1 fully saturated rings. The van der Waals surface area contributed by atoms with E-state index in [-0.39, 0.29) is 0 Å². The average molecular weight is 185 g/mol. The predicted octanol–water partition coefficient (Wildman–Crippen LogP) is 2.18. The van der Waals surface area contributed by atoms with Gasteiger partial charge >= 0.3 is 0 Å². The Kier molecular flexibility index (Phi) is 5.40. The number of hydrogen-bond donors (Lipinski definition) is 1. The zero-order valence-electron chi connectivity index (χ0n) is 8.80. The lowest BCUT2D eigenvalue weighted by Gasteiger charge is -2.27. The van der Waals surface area contributed by atoms with Gasteiger partial charge < -0.3 is 10.5 Å². The SMILES string of the molecule is CCCOCC1CCC(CN)CC1. The molecular weight excluding hydrogens is 162 g/mol. The highest BCUT2D eigenvalue weighted by Crippen LogP contribution is 2.28. The van der Waals surface area contributed by atoms with Gasteiger partial charge in [-0.05, 0) is 50.5 Å². The van der Waals surface area contributed by atoms with Gasteiger partial charge in [0.25, 0.3) is 0 Å². The Morgan fingerprint density at radius 1 is 1.15 bits per heavy atom. The van der Waals surface area contributed by atoms with E-state index >= 15 is 0 Å². The predicted molar refractivity (Wildman–Crippen MR) is 55.6 cm³/mol. The zero-order chi connectivity index (χ0) is 9.52. The molecule has 78 valence electrons. The highest BCUT2D eigenvalue weighted by atomic mass is 16.5. The second-order valence-corrected chi connectivity index (χ2v) is 4.20. The summed E-state index contributed by atoms with van der Waals surface area (Å²) in [6.45, 7) is 4.94. The molecule has 0 aromatic heterocycles. The summed E-state index contributed by atoms with van der Waals surface area (Å²) in [5, 5.41) is 0. The molecule has 1 saturated carbocycles. The van der Waals surface area contributed by atoms with Crippen LogP contribution in [-0.4, -0.2) is 19.8 Å². The molecule has 0 radical (unpaired) electrons. The number of hydrogen-bond acceptors (Lipinski definition) is 2. The van der Waals surface area contributed by atoms with Gasteiger partial charge in [-0.1, -0.05) is 6.92 Å². The van der Waals surface area contributed by atoms with Gasteiger partial charge in [-0.2, -0.15) is 0 Å². The van der Waals surface area contributed by atoms with Crippen molar-refractivity contribution in [3.63, 3.8) is 0 Å². The van der Waals surface area contributed by atoms with Crippen molar-refractivity contribution < 1.29 is 4.74 Å². The fourth-order valence-corrected chi connectivity index (χ4v) is 2.03. The van der Waals surface area contributed by atoms with Crippen LogP contribution in [0.15, 0.2) is 0 Å². The summed E-state index contributed by atoms with van der Waals surface area (Å²) >= 11 is 0. The van der Waals surface area contributed by atoms with Gasteiger partial charge in [0.1, 0.15) is 0 Å². The van der Waals surface area contributed by atoms with Gasteiger partial charge in [-0.3, -0.25) is 0 Å². The molecule has 0 aromatic rings. The first-order valence-electron chi connectivity index (χ1n) is 5.64. The second kappa shape index (κ2) is 6.39. The van der Waals surface area contributed by atoms with Crippen LogP contribution in [0.5, 0.6) is 0 Å². The van der Waals surface area contributed by atoms with Crippen molar-refractivity contribution in [3.8, 4) is 0 Å². The minimum Gasteiger partial charge on any atom is -0.381 e. The molecular formula is C11H23NO. The van der Waals surface area contributed by atoms with E-state index in [4.69, 9.17) is 10.5 Å². The summed E-state index contributed by atoms with van der Waals surface area (Å²) in [7, 11) is 0. The van der Waals surface area contributed by atoms with Crippen molar-refractivity contribution in [2.75, 3.05) is 19.8 Å². The topological polar surface area (TPSA) is 35.2 Å². The Morgan fingerprint density at radius 3 is 2.31 bits per heavy atom. The van der Waals surface area contributed by atoms with Crippen LogP contribution in [0.25, 0.3) is 0 Å². The largest absolute Gasteiger partial charge is 0.381 e. The third-order valence-corrected chi connectivity index (χ3v) is 3.00. The highest BCUT2D eigenvalue weighted by molar-refractivity contribution is 4.72. The molecule has 0 amide bonds. The van der Waals surface area contributed by atoms with Crippen LogP contribution in [0, 0.1) is 11.8 Å². The fourth-order valence-electron chi connectivity index (χ4n) is 2.03. The summed E-state index contributed by atoms with van der Waals surface area (Å²) in [5.41, 5.74) is 5.64. The number of nitrogens with two attached hydrogens (primary N) is 1. The van der Waals surface area contributed by atoms with Crippen molar-refractivity contribution in [3.05, 3.63) is 0 Å². The van der Waals surface area contributed by atoms with Gasteiger partial charge in [0.2, 0.25) is 0 Å². The molecule has 1 aliphatic carbocycles. The molecule has 0 atom stereocenters. The Balaban J connectivity index is 2.03. The van der Waals surface area contributed by atoms with Crippen LogP contribution < -0.4 is 5.73 Å². The molecule has 1 aliphatic rings. The Bertz CT molecular complexity index is 117. The first kappa shape index (κ1) is 11.0.